The molecule has 0 spiro atoms. The van der Waals surface area contributed by atoms with Crippen molar-refractivity contribution >= 4 is 0 Å². The Morgan fingerprint density at radius 2 is 1.72 bits per heavy atom. The smallest absolute Gasteiger partial charge is 0.352 e. The van der Waals surface area contributed by atoms with E-state index in [1.54, 1.807) is 0 Å². The molecule has 1 aromatic carbocycles. The Balaban J connectivity index is 1.52. The highest BCUT2D eigenvalue weighted by Crippen LogP contribution is 2.21. The van der Waals surface area contributed by atoms with Crippen LogP contribution in [0.3, 0.4) is 0 Å². The first-order valence-corrected chi connectivity index (χ1v) is 10.6. The quantitative estimate of drug-likeness (QED) is 0.499. The number of piperazine rings is 1. The van der Waals surface area contributed by atoms with Gasteiger partial charge in [0.05, 0.1) is 13.2 Å². The van der Waals surface area contributed by atoms with Crippen molar-refractivity contribution in [3.63, 3.8) is 0 Å². The maximum atomic E-state index is 12.5. The summed E-state index contributed by atoms with van der Waals surface area (Å²) in [6.07, 6.45) is 0. The van der Waals surface area contributed by atoms with Crippen LogP contribution in [-0.2, 0) is 13.6 Å². The molecule has 170 valence electrons. The van der Waals surface area contributed by atoms with Gasteiger partial charge in [0, 0.05) is 45.3 Å². The molecular formula is C21H27N7O4. The third kappa shape index (κ3) is 4.69. The second-order valence-corrected chi connectivity index (χ2v) is 7.83. The molecule has 0 aliphatic carbocycles. The number of hydrogen-bond donors (Lipinski definition) is 1. The van der Waals surface area contributed by atoms with E-state index in [4.69, 9.17) is 4.74 Å². The summed E-state index contributed by atoms with van der Waals surface area (Å²) in [6, 6.07) is 7.30. The molecule has 1 fully saturated rings. The van der Waals surface area contributed by atoms with E-state index in [2.05, 4.69) is 31.9 Å². The van der Waals surface area contributed by atoms with Crippen molar-refractivity contribution in [2.45, 2.75) is 6.54 Å². The molecular weight excluding hydrogens is 414 g/mol. The predicted molar refractivity (Wildman–Crippen MR) is 118 cm³/mol. The van der Waals surface area contributed by atoms with Crippen molar-refractivity contribution in [1.29, 1.82) is 0 Å². The summed E-state index contributed by atoms with van der Waals surface area (Å²) >= 11 is 0. The molecule has 0 bridgehead atoms. The van der Waals surface area contributed by atoms with Gasteiger partial charge in [0.15, 0.2) is 17.3 Å². The van der Waals surface area contributed by atoms with Crippen LogP contribution in [-0.4, -0.2) is 92.2 Å². The van der Waals surface area contributed by atoms with E-state index in [1.165, 1.54) is 11.7 Å². The molecule has 4 rings (SSSR count). The Morgan fingerprint density at radius 3 is 2.41 bits per heavy atom. The number of aliphatic hydroxyl groups is 1. The Bertz CT molecular complexity index is 1150. The van der Waals surface area contributed by atoms with Crippen molar-refractivity contribution in [2.24, 2.45) is 7.05 Å². The van der Waals surface area contributed by atoms with Gasteiger partial charge in [-0.05, 0) is 31.3 Å². The zero-order valence-corrected chi connectivity index (χ0v) is 18.3. The predicted octanol–water partition coefficient (Wildman–Crippen LogP) is -0.878. The fourth-order valence-corrected chi connectivity index (χ4v) is 3.56. The molecule has 0 saturated carbocycles. The third-order valence-corrected chi connectivity index (χ3v) is 5.58. The number of rotatable bonds is 7. The van der Waals surface area contributed by atoms with Gasteiger partial charge in [-0.3, -0.25) is 14.3 Å². The Labute approximate surface area is 184 Å². The second kappa shape index (κ2) is 9.55. The van der Waals surface area contributed by atoms with E-state index in [1.807, 2.05) is 24.3 Å². The van der Waals surface area contributed by atoms with Crippen LogP contribution in [0.25, 0.3) is 22.9 Å². The van der Waals surface area contributed by atoms with Crippen LogP contribution >= 0.6 is 0 Å². The largest absolute Gasteiger partial charge is 0.492 e. The van der Waals surface area contributed by atoms with E-state index >= 15 is 0 Å². The number of aromatic nitrogens is 5. The van der Waals surface area contributed by atoms with Gasteiger partial charge in [-0.2, -0.15) is 10.1 Å². The molecule has 1 N–H and O–H groups in total. The van der Waals surface area contributed by atoms with Crippen LogP contribution in [0.1, 0.15) is 0 Å². The van der Waals surface area contributed by atoms with E-state index in [9.17, 15) is 14.7 Å². The Morgan fingerprint density at radius 1 is 1.00 bits per heavy atom. The first-order chi connectivity index (χ1) is 15.5. The number of benzene rings is 1. The summed E-state index contributed by atoms with van der Waals surface area (Å²) in [5.41, 5.74) is -0.542. The van der Waals surface area contributed by atoms with Crippen LogP contribution in [0.5, 0.6) is 5.75 Å². The number of nitrogens with zero attached hydrogens (tertiary/aromatic N) is 7. The highest BCUT2D eigenvalue weighted by Gasteiger charge is 2.21. The molecule has 3 aliphatic heterocycles. The second-order valence-electron chi connectivity index (χ2n) is 7.83. The maximum absolute atomic E-state index is 12.5. The normalized spacial score (nSPS) is 15.3. The minimum absolute atomic E-state index is 0.0260. The molecule has 3 heterocycles. The van der Waals surface area contributed by atoms with Gasteiger partial charge < -0.3 is 14.7 Å². The lowest BCUT2D eigenvalue weighted by atomic mass is 10.2. The lowest BCUT2D eigenvalue weighted by Gasteiger charge is -2.32. The summed E-state index contributed by atoms with van der Waals surface area (Å²) in [7, 11) is 3.49. The van der Waals surface area contributed by atoms with Gasteiger partial charge in [-0.1, -0.05) is 0 Å². The molecule has 3 aliphatic rings. The highest BCUT2D eigenvalue weighted by molar-refractivity contribution is 5.60. The number of fused-ring (bicyclic) bond motifs is 1. The molecule has 11 heteroatoms. The SMILES string of the molecule is CN1CCN(CCOc2ccc(-c3nc4c(=O)n(C)c(=O)nc-4n(CCO)n3)cc2)CC1. The average molecular weight is 441 g/mol. The van der Waals surface area contributed by atoms with E-state index < -0.39 is 11.2 Å². The molecule has 11 nitrogen and oxygen atoms in total. The standard InChI is InChI=1S/C21H27N7O4/c1-25-7-9-27(10-8-25)12-14-32-16-5-3-15(4-6-16)18-22-17-19(28(24-18)11-13-29)23-21(31)26(2)20(17)30/h3-6,29H,7-14H2,1-2H3. The lowest BCUT2D eigenvalue weighted by Crippen LogP contribution is -2.45. The van der Waals surface area contributed by atoms with Crippen LogP contribution in [0.2, 0.25) is 0 Å². The van der Waals surface area contributed by atoms with Crippen molar-refractivity contribution in [3.05, 3.63) is 45.1 Å². The van der Waals surface area contributed by atoms with Gasteiger partial charge in [0.25, 0.3) is 5.56 Å². The van der Waals surface area contributed by atoms with E-state index in [0.29, 0.717) is 18.0 Å². The topological polar surface area (TPSA) is 119 Å². The molecule has 1 saturated heterocycles. The molecule has 0 amide bonds. The average Bonchev–Trinajstić information content (AvgIpc) is 2.80. The van der Waals surface area contributed by atoms with Crippen molar-refractivity contribution in [2.75, 3.05) is 53.0 Å². The van der Waals surface area contributed by atoms with Gasteiger partial charge in [0.2, 0.25) is 0 Å². The fourth-order valence-electron chi connectivity index (χ4n) is 3.56. The minimum Gasteiger partial charge on any atom is -0.492 e. The summed E-state index contributed by atoms with van der Waals surface area (Å²) in [6.45, 7) is 5.59. The molecule has 0 radical (unpaired) electrons. The van der Waals surface area contributed by atoms with Crippen LogP contribution < -0.4 is 16.0 Å². The van der Waals surface area contributed by atoms with Gasteiger partial charge in [-0.15, -0.1) is 0 Å². The van der Waals surface area contributed by atoms with Crippen LogP contribution in [0, 0.1) is 0 Å². The first kappa shape index (κ1) is 22.1. The first-order valence-electron chi connectivity index (χ1n) is 10.6. The summed E-state index contributed by atoms with van der Waals surface area (Å²) in [5.74, 6) is 1.09. The third-order valence-electron chi connectivity index (χ3n) is 5.58. The fraction of sp³-hybridized carbons (Fsp3) is 0.476. The molecule has 0 atom stereocenters. The lowest BCUT2D eigenvalue weighted by molar-refractivity contribution is 0.134. The van der Waals surface area contributed by atoms with Crippen molar-refractivity contribution in [1.82, 2.24) is 34.1 Å². The summed E-state index contributed by atoms with van der Waals surface area (Å²) in [4.78, 5) is 37.4. The number of aliphatic hydroxyl groups excluding tert-OH is 1. The number of likely N-dealkylation sites (N-methyl/N-ethyl adjacent to an activating group) is 1. The summed E-state index contributed by atoms with van der Waals surface area (Å²) < 4.78 is 8.11. The number of ether oxygens (including phenoxy) is 1. The van der Waals surface area contributed by atoms with Gasteiger partial charge in [0.1, 0.15) is 12.4 Å². The molecule has 0 unspecified atom stereocenters. The highest BCUT2D eigenvalue weighted by atomic mass is 16.5. The number of hydrogen-bond acceptors (Lipinski definition) is 9. The van der Waals surface area contributed by atoms with E-state index in [-0.39, 0.29) is 24.7 Å². The minimum atomic E-state index is -0.691. The molecule has 32 heavy (non-hydrogen) atoms. The summed E-state index contributed by atoms with van der Waals surface area (Å²) in [5, 5.41) is 13.7. The van der Waals surface area contributed by atoms with Crippen LogP contribution in [0.15, 0.2) is 33.9 Å². The van der Waals surface area contributed by atoms with Gasteiger partial charge >= 0.3 is 5.69 Å². The van der Waals surface area contributed by atoms with Crippen LogP contribution in [0.4, 0.5) is 0 Å². The Hall–Kier alpha value is -3.15. The van der Waals surface area contributed by atoms with Crippen molar-refractivity contribution in [3.8, 4) is 28.7 Å². The monoisotopic (exact) mass is 441 g/mol. The zero-order valence-electron chi connectivity index (χ0n) is 18.3. The Kier molecular flexibility index (Phi) is 6.58. The molecule has 1 aromatic rings. The van der Waals surface area contributed by atoms with E-state index in [0.717, 1.165) is 43.0 Å². The maximum Gasteiger partial charge on any atom is 0.352 e. The zero-order chi connectivity index (χ0) is 22.7. The van der Waals surface area contributed by atoms with Crippen molar-refractivity contribution < 1.29 is 9.84 Å². The molecule has 0 aromatic heterocycles. The van der Waals surface area contributed by atoms with Gasteiger partial charge in [-0.25, -0.2) is 14.5 Å².